The van der Waals surface area contributed by atoms with E-state index in [4.69, 9.17) is 5.14 Å². The second-order valence-corrected chi connectivity index (χ2v) is 7.86. The van der Waals surface area contributed by atoms with Crippen LogP contribution in [0.15, 0.2) is 34.8 Å². The minimum absolute atomic E-state index is 0.343. The fraction of sp³-hybridized carbons (Fsp3) is 0.467. The van der Waals surface area contributed by atoms with Gasteiger partial charge < -0.3 is 4.98 Å². The maximum atomic E-state index is 13.0. The largest absolute Gasteiger partial charge is 0.359 e. The summed E-state index contributed by atoms with van der Waals surface area (Å²) in [6.45, 7) is 0.825. The summed E-state index contributed by atoms with van der Waals surface area (Å²) in [5.41, 5.74) is 1.69. The predicted molar refractivity (Wildman–Crippen MR) is 85.2 cm³/mol. The zero-order valence-corrected chi connectivity index (χ0v) is 12.7. The molecule has 3 N–H and O–H groups in total. The molecule has 112 valence electrons. The van der Waals surface area contributed by atoms with E-state index in [0.717, 1.165) is 30.3 Å². The predicted octanol–water partition coefficient (Wildman–Crippen LogP) is 2.93. The van der Waals surface area contributed by atoms with E-state index in [1.54, 1.807) is 6.20 Å². The number of para-hydroxylation sites is 1. The van der Waals surface area contributed by atoms with Crippen LogP contribution in [-0.2, 0) is 10.1 Å². The van der Waals surface area contributed by atoms with Crippen molar-refractivity contribution in [3.8, 4) is 0 Å². The maximum absolute atomic E-state index is 13.0. The molecule has 1 aromatic carbocycles. The SMILES string of the molecule is NS(=O)(=Nc1c[nH]c2ccccc12)N1CC2CCCC1C2. The maximum Gasteiger partial charge on any atom is 0.177 e. The molecule has 2 aromatic rings. The number of aromatic amines is 1. The van der Waals surface area contributed by atoms with Crippen molar-refractivity contribution in [2.75, 3.05) is 6.54 Å². The van der Waals surface area contributed by atoms with Crippen LogP contribution in [0.4, 0.5) is 5.69 Å². The molecular formula is C15H20N4OS. The number of rotatable bonds is 2. The van der Waals surface area contributed by atoms with E-state index in [1.807, 2.05) is 28.6 Å². The molecular weight excluding hydrogens is 284 g/mol. The highest BCUT2D eigenvalue weighted by Crippen LogP contribution is 2.37. The van der Waals surface area contributed by atoms with Crippen molar-refractivity contribution in [1.29, 1.82) is 0 Å². The first-order valence-corrected chi connectivity index (χ1v) is 9.05. The number of hydrogen-bond donors (Lipinski definition) is 2. The van der Waals surface area contributed by atoms with Gasteiger partial charge in [-0.25, -0.2) is 13.7 Å². The summed E-state index contributed by atoms with van der Waals surface area (Å²) in [5, 5.41) is 7.10. The molecule has 3 atom stereocenters. The zero-order chi connectivity index (χ0) is 14.4. The van der Waals surface area contributed by atoms with Gasteiger partial charge in [-0.3, -0.25) is 0 Å². The number of H-pyrrole nitrogens is 1. The van der Waals surface area contributed by atoms with Gasteiger partial charge in [-0.05, 0) is 31.2 Å². The van der Waals surface area contributed by atoms with Crippen molar-refractivity contribution >= 4 is 26.7 Å². The number of nitrogens with two attached hydrogens (primary N) is 1. The van der Waals surface area contributed by atoms with E-state index in [2.05, 4.69) is 9.35 Å². The Hall–Kier alpha value is -1.37. The third kappa shape index (κ3) is 2.27. The lowest BCUT2D eigenvalue weighted by Gasteiger charge is -2.24. The number of hydrogen-bond acceptors (Lipinski definition) is 2. The lowest BCUT2D eigenvalue weighted by atomic mass is 9.91. The van der Waals surface area contributed by atoms with Crippen LogP contribution in [0.2, 0.25) is 0 Å². The van der Waals surface area contributed by atoms with E-state index >= 15 is 0 Å². The first-order chi connectivity index (χ1) is 10.1. The average Bonchev–Trinajstić information content (AvgIpc) is 3.01. The Labute approximate surface area is 125 Å². The second kappa shape index (κ2) is 4.83. The summed E-state index contributed by atoms with van der Waals surface area (Å²) in [6.07, 6.45) is 6.45. The van der Waals surface area contributed by atoms with Crippen molar-refractivity contribution in [3.63, 3.8) is 0 Å². The molecule has 3 unspecified atom stereocenters. The second-order valence-electron chi connectivity index (χ2n) is 6.13. The van der Waals surface area contributed by atoms with Crippen LogP contribution in [0, 0.1) is 5.92 Å². The van der Waals surface area contributed by atoms with E-state index in [-0.39, 0.29) is 0 Å². The molecule has 4 rings (SSSR count). The number of nitrogens with zero attached hydrogens (tertiary/aromatic N) is 2. The minimum Gasteiger partial charge on any atom is -0.359 e. The summed E-state index contributed by atoms with van der Waals surface area (Å²) in [7, 11) is -2.84. The lowest BCUT2D eigenvalue weighted by molar-refractivity contribution is 0.366. The molecule has 0 radical (unpaired) electrons. The highest BCUT2D eigenvalue weighted by atomic mass is 32.2. The quantitative estimate of drug-likeness (QED) is 0.879. The van der Waals surface area contributed by atoms with Crippen LogP contribution in [0.1, 0.15) is 25.7 Å². The molecule has 2 aliphatic rings. The summed E-state index contributed by atoms with van der Waals surface area (Å²) in [6, 6.07) is 8.22. The molecule has 1 saturated heterocycles. The summed E-state index contributed by atoms with van der Waals surface area (Å²) >= 11 is 0. The molecule has 1 aliphatic carbocycles. The van der Waals surface area contributed by atoms with Gasteiger partial charge in [-0.2, -0.15) is 4.36 Å². The van der Waals surface area contributed by atoms with Crippen LogP contribution in [0.5, 0.6) is 0 Å². The van der Waals surface area contributed by atoms with Crippen LogP contribution in [0.25, 0.3) is 10.9 Å². The minimum atomic E-state index is -2.84. The van der Waals surface area contributed by atoms with Crippen LogP contribution < -0.4 is 5.14 Å². The smallest absolute Gasteiger partial charge is 0.177 e. The number of benzene rings is 1. The van der Waals surface area contributed by atoms with Crippen LogP contribution >= 0.6 is 0 Å². The highest BCUT2D eigenvalue weighted by Gasteiger charge is 2.39. The molecule has 1 aliphatic heterocycles. The first kappa shape index (κ1) is 13.3. The highest BCUT2D eigenvalue weighted by molar-refractivity contribution is 7.89. The molecule has 6 heteroatoms. The molecule has 0 amide bonds. The Morgan fingerprint density at radius 1 is 1.33 bits per heavy atom. The summed E-state index contributed by atoms with van der Waals surface area (Å²) in [4.78, 5) is 3.15. The molecule has 1 saturated carbocycles. The summed E-state index contributed by atoms with van der Waals surface area (Å²) < 4.78 is 19.3. The van der Waals surface area contributed by atoms with Gasteiger partial charge in [0.2, 0.25) is 0 Å². The molecule has 0 spiro atoms. The van der Waals surface area contributed by atoms with E-state index in [0.29, 0.717) is 17.6 Å². The number of nitrogens with one attached hydrogen (secondary N) is 1. The van der Waals surface area contributed by atoms with Gasteiger partial charge in [-0.1, -0.05) is 24.6 Å². The molecule has 2 bridgehead atoms. The monoisotopic (exact) mass is 304 g/mol. The topological polar surface area (TPSA) is 74.5 Å². The average molecular weight is 304 g/mol. The molecule has 1 aromatic heterocycles. The Kier molecular flexibility index (Phi) is 3.06. The Bertz CT molecular complexity index is 790. The van der Waals surface area contributed by atoms with E-state index in [1.165, 1.54) is 12.8 Å². The van der Waals surface area contributed by atoms with Crippen LogP contribution in [0.3, 0.4) is 0 Å². The number of aromatic nitrogens is 1. The molecule has 21 heavy (non-hydrogen) atoms. The Balaban J connectivity index is 1.75. The van der Waals surface area contributed by atoms with Gasteiger partial charge in [-0.15, -0.1) is 0 Å². The first-order valence-electron chi connectivity index (χ1n) is 7.51. The lowest BCUT2D eigenvalue weighted by Crippen LogP contribution is -2.39. The molecule has 2 heterocycles. The van der Waals surface area contributed by atoms with Gasteiger partial charge in [0.1, 0.15) is 5.69 Å². The van der Waals surface area contributed by atoms with Gasteiger partial charge >= 0.3 is 0 Å². The third-order valence-corrected chi connectivity index (χ3v) is 6.31. The Morgan fingerprint density at radius 2 is 2.19 bits per heavy atom. The normalized spacial score (nSPS) is 28.6. The fourth-order valence-electron chi connectivity index (χ4n) is 3.74. The van der Waals surface area contributed by atoms with Gasteiger partial charge in [0.25, 0.3) is 0 Å². The van der Waals surface area contributed by atoms with Crippen molar-refractivity contribution in [2.45, 2.75) is 31.7 Å². The third-order valence-electron chi connectivity index (χ3n) is 4.73. The van der Waals surface area contributed by atoms with Gasteiger partial charge in [0.15, 0.2) is 10.1 Å². The number of fused-ring (bicyclic) bond motifs is 3. The zero-order valence-electron chi connectivity index (χ0n) is 11.9. The van der Waals surface area contributed by atoms with E-state index < -0.39 is 10.1 Å². The Morgan fingerprint density at radius 3 is 3.05 bits per heavy atom. The van der Waals surface area contributed by atoms with Crippen molar-refractivity contribution in [1.82, 2.24) is 9.29 Å². The standard InChI is InChI=1S/C15H20N4OS/c16-21(20,19-10-11-4-3-5-12(19)8-11)18-15-9-17-14-7-2-1-6-13(14)15/h1-2,6-7,9,11-12,17H,3-5,8,10H2,(H2,16,18,20). The van der Waals surface area contributed by atoms with Gasteiger partial charge in [0.05, 0.1) is 0 Å². The van der Waals surface area contributed by atoms with Crippen molar-refractivity contribution in [2.24, 2.45) is 15.4 Å². The summed E-state index contributed by atoms with van der Waals surface area (Å²) in [5.74, 6) is 0.645. The van der Waals surface area contributed by atoms with Crippen LogP contribution in [-0.4, -0.2) is 26.1 Å². The van der Waals surface area contributed by atoms with Gasteiger partial charge in [0, 0.05) is 29.7 Å². The van der Waals surface area contributed by atoms with Crippen molar-refractivity contribution in [3.05, 3.63) is 30.5 Å². The molecule has 2 fully saturated rings. The molecule has 5 nitrogen and oxygen atoms in total. The van der Waals surface area contributed by atoms with E-state index in [9.17, 15) is 4.21 Å². The fourth-order valence-corrected chi connectivity index (χ4v) is 5.32. The van der Waals surface area contributed by atoms with Crippen molar-refractivity contribution < 1.29 is 4.21 Å².